The number of thioether (sulfide) groups is 1. The molecule has 0 aliphatic heterocycles. The van der Waals surface area contributed by atoms with Crippen LogP contribution in [0.1, 0.15) is 6.92 Å². The second-order valence-electron chi connectivity index (χ2n) is 4.07. The molecule has 1 aromatic heterocycles. The minimum atomic E-state index is -0.488. The highest BCUT2D eigenvalue weighted by molar-refractivity contribution is 9.10. The molecule has 0 aliphatic rings. The molecule has 0 spiro atoms. The highest BCUT2D eigenvalue weighted by Gasteiger charge is 2.25. The molecule has 1 unspecified atom stereocenters. The van der Waals surface area contributed by atoms with E-state index < -0.39 is 10.9 Å². The SMILES string of the molecule is CC(Sc1c(=O)o[nH][n+]1C)C(=O)Nc1ccccc1Br. The fourth-order valence-corrected chi connectivity index (χ4v) is 2.70. The maximum Gasteiger partial charge on any atom is 0.441 e. The number of para-hydroxylation sites is 1. The number of aromatic amines is 1. The number of nitrogens with zero attached hydrogens (tertiary/aromatic N) is 1. The zero-order chi connectivity index (χ0) is 14.7. The molecule has 0 saturated carbocycles. The molecule has 1 heterocycles. The van der Waals surface area contributed by atoms with Crippen molar-refractivity contribution in [2.45, 2.75) is 17.2 Å². The van der Waals surface area contributed by atoms with E-state index in [0.717, 1.165) is 16.2 Å². The molecule has 0 aliphatic carbocycles. The third-order valence-electron chi connectivity index (χ3n) is 2.54. The topological polar surface area (TPSA) is 79.0 Å². The quantitative estimate of drug-likeness (QED) is 0.643. The molecule has 6 nitrogen and oxygen atoms in total. The Kier molecular flexibility index (Phi) is 4.66. The molecule has 2 N–H and O–H groups in total. The molecule has 20 heavy (non-hydrogen) atoms. The lowest BCUT2D eigenvalue weighted by Crippen LogP contribution is -2.35. The summed E-state index contributed by atoms with van der Waals surface area (Å²) in [4.78, 5) is 23.5. The van der Waals surface area contributed by atoms with E-state index in [4.69, 9.17) is 0 Å². The normalized spacial score (nSPS) is 12.2. The van der Waals surface area contributed by atoms with Crippen LogP contribution in [-0.4, -0.2) is 16.4 Å². The standard InChI is InChI=1S/C12H12BrN3O3S/c1-7(20-11-12(18)19-15-16(11)2)10(17)14-9-6-4-3-5-8(9)13/h3-7H,1-2H3,(H-,14,15,17,18)/p+1. The van der Waals surface area contributed by atoms with Gasteiger partial charge in [-0.25, -0.2) is 4.79 Å². The number of halogens is 1. The molecule has 106 valence electrons. The second kappa shape index (κ2) is 6.27. The lowest BCUT2D eigenvalue weighted by molar-refractivity contribution is -0.772. The van der Waals surface area contributed by atoms with Crippen molar-refractivity contribution < 1.29 is 14.0 Å². The first kappa shape index (κ1) is 14.9. The van der Waals surface area contributed by atoms with Gasteiger partial charge in [-0.3, -0.25) is 9.32 Å². The van der Waals surface area contributed by atoms with Crippen LogP contribution in [0, 0.1) is 0 Å². The molecule has 0 radical (unpaired) electrons. The van der Waals surface area contributed by atoms with Crippen LogP contribution in [0.2, 0.25) is 0 Å². The van der Waals surface area contributed by atoms with Gasteiger partial charge in [0.25, 0.3) is 0 Å². The number of rotatable bonds is 4. The summed E-state index contributed by atoms with van der Waals surface area (Å²) < 4.78 is 6.88. The van der Waals surface area contributed by atoms with Gasteiger partial charge in [0.05, 0.1) is 10.9 Å². The number of carbonyl (C=O) groups is 1. The third kappa shape index (κ3) is 3.31. The van der Waals surface area contributed by atoms with Gasteiger partial charge in [0.1, 0.15) is 0 Å². The maximum atomic E-state index is 12.1. The number of benzene rings is 1. The van der Waals surface area contributed by atoms with Gasteiger partial charge in [-0.15, -0.1) is 0 Å². The largest absolute Gasteiger partial charge is 0.441 e. The first-order valence-corrected chi connectivity index (χ1v) is 7.46. The maximum absolute atomic E-state index is 12.1. The van der Waals surface area contributed by atoms with Gasteiger partial charge in [-0.05, 0) is 52.0 Å². The Hall–Kier alpha value is -1.54. The first-order valence-electron chi connectivity index (χ1n) is 5.78. The van der Waals surface area contributed by atoms with E-state index >= 15 is 0 Å². The van der Waals surface area contributed by atoms with Gasteiger partial charge in [-0.2, -0.15) is 0 Å². The number of hydrogen-bond donors (Lipinski definition) is 2. The number of hydrogen-bond acceptors (Lipinski definition) is 4. The summed E-state index contributed by atoms with van der Waals surface area (Å²) in [7, 11) is 1.64. The lowest BCUT2D eigenvalue weighted by atomic mass is 10.3. The Bertz CT molecular complexity index is 683. The number of carbonyl (C=O) groups excluding carboxylic acids is 1. The van der Waals surface area contributed by atoms with Crippen molar-refractivity contribution in [2.75, 3.05) is 5.32 Å². The van der Waals surface area contributed by atoms with Crippen LogP contribution in [0.3, 0.4) is 0 Å². The number of nitrogens with one attached hydrogen (secondary N) is 2. The minimum Gasteiger partial charge on any atom is -0.324 e. The van der Waals surface area contributed by atoms with E-state index in [1.165, 1.54) is 4.68 Å². The van der Waals surface area contributed by atoms with Crippen molar-refractivity contribution in [3.05, 3.63) is 39.2 Å². The molecule has 8 heteroatoms. The number of aromatic nitrogens is 2. The van der Waals surface area contributed by atoms with Crippen LogP contribution in [0.25, 0.3) is 0 Å². The molecular weight excluding hydrogens is 346 g/mol. The van der Waals surface area contributed by atoms with E-state index in [2.05, 4.69) is 31.0 Å². The Morgan fingerprint density at radius 1 is 1.50 bits per heavy atom. The van der Waals surface area contributed by atoms with Crippen LogP contribution in [0.4, 0.5) is 5.69 Å². The van der Waals surface area contributed by atoms with E-state index in [1.807, 2.05) is 18.2 Å². The third-order valence-corrected chi connectivity index (χ3v) is 4.47. The molecule has 1 amide bonds. The number of H-pyrrole nitrogens is 1. The van der Waals surface area contributed by atoms with Gasteiger partial charge in [0.15, 0.2) is 7.05 Å². The van der Waals surface area contributed by atoms with Gasteiger partial charge >= 0.3 is 10.7 Å². The molecule has 0 bridgehead atoms. The predicted octanol–water partition coefficient (Wildman–Crippen LogP) is 1.67. The molecule has 0 fully saturated rings. The summed E-state index contributed by atoms with van der Waals surface area (Å²) in [5.41, 5.74) is 0.202. The summed E-state index contributed by atoms with van der Waals surface area (Å²) in [6.07, 6.45) is 0. The van der Waals surface area contributed by atoms with E-state index in [0.29, 0.717) is 10.7 Å². The van der Waals surface area contributed by atoms with Gasteiger partial charge in [0.2, 0.25) is 5.91 Å². The number of amides is 1. The van der Waals surface area contributed by atoms with Crippen LogP contribution in [-0.2, 0) is 11.8 Å². The zero-order valence-electron chi connectivity index (χ0n) is 10.8. The Morgan fingerprint density at radius 3 is 2.80 bits per heavy atom. The first-order chi connectivity index (χ1) is 9.49. The van der Waals surface area contributed by atoms with Crippen molar-refractivity contribution in [3.8, 4) is 0 Å². The Labute approximate surface area is 127 Å². The van der Waals surface area contributed by atoms with Crippen LogP contribution in [0.5, 0.6) is 0 Å². The predicted molar refractivity (Wildman–Crippen MR) is 78.6 cm³/mol. The van der Waals surface area contributed by atoms with Crippen molar-refractivity contribution in [3.63, 3.8) is 0 Å². The molecule has 1 atom stereocenters. The molecule has 2 rings (SSSR count). The van der Waals surface area contributed by atoms with Crippen molar-refractivity contribution >= 4 is 39.3 Å². The number of aryl methyl sites for hydroxylation is 1. The summed E-state index contributed by atoms with van der Waals surface area (Å²) in [6.45, 7) is 1.73. The van der Waals surface area contributed by atoms with Crippen molar-refractivity contribution in [2.24, 2.45) is 7.05 Å². The highest BCUT2D eigenvalue weighted by atomic mass is 79.9. The van der Waals surface area contributed by atoms with E-state index in [9.17, 15) is 9.59 Å². The van der Waals surface area contributed by atoms with Crippen molar-refractivity contribution in [1.29, 1.82) is 0 Å². The summed E-state index contributed by atoms with van der Waals surface area (Å²) in [5, 5.41) is 5.12. The van der Waals surface area contributed by atoms with Crippen molar-refractivity contribution in [1.82, 2.24) is 5.27 Å². The lowest BCUT2D eigenvalue weighted by Gasteiger charge is -2.10. The van der Waals surface area contributed by atoms with Gasteiger partial charge in [-0.1, -0.05) is 16.8 Å². The minimum absolute atomic E-state index is 0.192. The van der Waals surface area contributed by atoms with E-state index in [-0.39, 0.29) is 5.91 Å². The second-order valence-corrected chi connectivity index (χ2v) is 6.26. The van der Waals surface area contributed by atoms with Gasteiger partial charge in [0, 0.05) is 4.47 Å². The fraction of sp³-hybridized carbons (Fsp3) is 0.250. The monoisotopic (exact) mass is 358 g/mol. The van der Waals surface area contributed by atoms with Crippen LogP contribution < -0.4 is 15.6 Å². The average molecular weight is 359 g/mol. The molecule has 0 saturated heterocycles. The van der Waals surface area contributed by atoms with Crippen LogP contribution >= 0.6 is 27.7 Å². The highest BCUT2D eigenvalue weighted by Crippen LogP contribution is 2.23. The van der Waals surface area contributed by atoms with Crippen LogP contribution in [0.15, 0.2) is 43.1 Å². The average Bonchev–Trinajstić information content (AvgIpc) is 2.73. The molecular formula is C12H13BrN3O3S+. The summed E-state index contributed by atoms with van der Waals surface area (Å²) in [6, 6.07) is 7.33. The fourth-order valence-electron chi connectivity index (χ4n) is 1.48. The summed E-state index contributed by atoms with van der Waals surface area (Å²) in [5.74, 6) is -0.192. The summed E-state index contributed by atoms with van der Waals surface area (Å²) >= 11 is 4.50. The number of anilines is 1. The Morgan fingerprint density at radius 2 is 2.20 bits per heavy atom. The molecule has 1 aromatic carbocycles. The molecule has 2 aromatic rings. The zero-order valence-corrected chi connectivity index (χ0v) is 13.2. The van der Waals surface area contributed by atoms with E-state index in [1.54, 1.807) is 20.0 Å². The Balaban J connectivity index is 2.07. The smallest absolute Gasteiger partial charge is 0.324 e. The van der Waals surface area contributed by atoms with Gasteiger partial charge < -0.3 is 5.32 Å².